The number of aromatic nitrogens is 1. The van der Waals surface area contributed by atoms with Crippen molar-refractivity contribution in [1.82, 2.24) is 10.1 Å². The lowest BCUT2D eigenvalue weighted by Gasteiger charge is -2.20. The molecule has 0 saturated carbocycles. The molecule has 0 saturated heterocycles. The number of esters is 1. The molecule has 1 atom stereocenters. The molecule has 32 heavy (non-hydrogen) atoms. The van der Waals surface area contributed by atoms with Gasteiger partial charge in [-0.1, -0.05) is 6.07 Å². The summed E-state index contributed by atoms with van der Waals surface area (Å²) in [5.41, 5.74) is 0.623. The Morgan fingerprint density at radius 3 is 2.31 bits per heavy atom. The first-order chi connectivity index (χ1) is 15.2. The minimum atomic E-state index is -2.60. The standard InChI is InChI=1S/C20H16F5N2O4P/c1-10(2)29-14(28)9-27-32(30-12-5-6-13-11(8-12)4-3-7-26-13)31-20-18(24)16(22)15(21)17(23)19(20)25/h3-8,10,27H,9H2,1-2H3. The van der Waals surface area contributed by atoms with Crippen LogP contribution in [0.15, 0.2) is 36.5 Å². The zero-order chi connectivity index (χ0) is 23.4. The third-order valence-electron chi connectivity index (χ3n) is 3.83. The van der Waals surface area contributed by atoms with Gasteiger partial charge in [-0.15, -0.1) is 0 Å². The predicted octanol–water partition coefficient (Wildman–Crippen LogP) is 5.16. The van der Waals surface area contributed by atoms with E-state index in [1.54, 1.807) is 38.2 Å². The number of carbonyl (C=O) groups is 1. The maximum atomic E-state index is 14.1. The molecule has 1 aromatic heterocycles. The van der Waals surface area contributed by atoms with Gasteiger partial charge in [-0.25, -0.2) is 18.3 Å². The van der Waals surface area contributed by atoms with Gasteiger partial charge in [-0.3, -0.25) is 9.78 Å². The van der Waals surface area contributed by atoms with Crippen LogP contribution in [-0.4, -0.2) is 23.6 Å². The lowest BCUT2D eigenvalue weighted by atomic mass is 10.2. The molecule has 0 radical (unpaired) electrons. The Labute approximate surface area is 180 Å². The summed E-state index contributed by atoms with van der Waals surface area (Å²) < 4.78 is 83.9. The maximum absolute atomic E-state index is 14.1. The number of halogens is 5. The number of nitrogens with one attached hydrogen (secondary N) is 1. The first kappa shape index (κ1) is 23.6. The normalized spacial score (nSPS) is 12.1. The highest BCUT2D eigenvalue weighted by Gasteiger charge is 2.30. The Hall–Kier alpha value is -3.04. The molecule has 1 heterocycles. The van der Waals surface area contributed by atoms with Gasteiger partial charge in [0.15, 0.2) is 0 Å². The van der Waals surface area contributed by atoms with Crippen molar-refractivity contribution in [3.63, 3.8) is 0 Å². The fourth-order valence-electron chi connectivity index (χ4n) is 2.47. The molecule has 0 aliphatic rings. The number of fused-ring (bicyclic) bond motifs is 1. The van der Waals surface area contributed by atoms with Crippen LogP contribution in [0.25, 0.3) is 10.9 Å². The molecule has 0 aliphatic carbocycles. The number of rotatable bonds is 8. The average molecular weight is 474 g/mol. The number of hydrogen-bond donors (Lipinski definition) is 1. The van der Waals surface area contributed by atoms with Gasteiger partial charge >= 0.3 is 14.5 Å². The van der Waals surface area contributed by atoms with Gasteiger partial charge in [0, 0.05) is 11.6 Å². The van der Waals surface area contributed by atoms with Crippen molar-refractivity contribution in [2.45, 2.75) is 20.0 Å². The van der Waals surface area contributed by atoms with E-state index in [-0.39, 0.29) is 5.75 Å². The zero-order valence-electron chi connectivity index (χ0n) is 16.7. The van der Waals surface area contributed by atoms with Crippen LogP contribution in [0.1, 0.15) is 13.8 Å². The summed E-state index contributed by atoms with van der Waals surface area (Å²) in [5.74, 6) is -13.2. The van der Waals surface area contributed by atoms with Crippen LogP contribution in [0.5, 0.6) is 11.5 Å². The number of carbonyl (C=O) groups excluding carboxylic acids is 1. The zero-order valence-corrected chi connectivity index (χ0v) is 17.6. The van der Waals surface area contributed by atoms with E-state index in [1.807, 2.05) is 0 Å². The summed E-state index contributed by atoms with van der Waals surface area (Å²) in [5, 5.41) is 3.08. The second kappa shape index (κ2) is 10.1. The first-order valence-electron chi connectivity index (χ1n) is 9.12. The smallest absolute Gasteiger partial charge is 0.382 e. The van der Waals surface area contributed by atoms with Crippen molar-refractivity contribution >= 4 is 25.4 Å². The SMILES string of the molecule is CC(C)OC(=O)CNP(Oc1ccc2ncccc2c1)Oc1c(F)c(F)c(F)c(F)c1F. The van der Waals surface area contributed by atoms with Crippen molar-refractivity contribution in [3.05, 3.63) is 65.6 Å². The Morgan fingerprint density at radius 1 is 1.00 bits per heavy atom. The summed E-state index contributed by atoms with van der Waals surface area (Å²) in [4.78, 5) is 15.9. The van der Waals surface area contributed by atoms with Crippen LogP contribution in [0.2, 0.25) is 0 Å². The lowest BCUT2D eigenvalue weighted by molar-refractivity contribution is -0.145. The van der Waals surface area contributed by atoms with Gasteiger partial charge in [0.1, 0.15) is 12.3 Å². The van der Waals surface area contributed by atoms with Gasteiger partial charge in [0.2, 0.25) is 34.8 Å². The minimum absolute atomic E-state index is 0.130. The molecule has 0 spiro atoms. The van der Waals surface area contributed by atoms with E-state index in [2.05, 4.69) is 10.1 Å². The highest BCUT2D eigenvalue weighted by atomic mass is 31.2. The monoisotopic (exact) mass is 474 g/mol. The molecule has 0 aliphatic heterocycles. The largest absolute Gasteiger partial charge is 0.462 e. The molecule has 1 unspecified atom stereocenters. The van der Waals surface area contributed by atoms with Crippen molar-refractivity contribution in [2.75, 3.05) is 6.54 Å². The van der Waals surface area contributed by atoms with E-state index >= 15 is 0 Å². The second-order valence-corrected chi connectivity index (χ2v) is 7.77. The van der Waals surface area contributed by atoms with Gasteiger partial charge in [0.05, 0.1) is 11.6 Å². The van der Waals surface area contributed by atoms with E-state index in [0.29, 0.717) is 10.9 Å². The summed E-state index contributed by atoms with van der Waals surface area (Å²) in [7, 11) is -2.60. The van der Waals surface area contributed by atoms with Gasteiger partial charge in [0.25, 0.3) is 0 Å². The lowest BCUT2D eigenvalue weighted by Crippen LogP contribution is -2.26. The summed E-state index contributed by atoms with van der Waals surface area (Å²) >= 11 is 0. The Balaban J connectivity index is 1.89. The van der Waals surface area contributed by atoms with Crippen molar-refractivity contribution < 1.29 is 40.5 Å². The van der Waals surface area contributed by atoms with E-state index < -0.39 is 62.0 Å². The molecule has 12 heteroatoms. The molecule has 2 aromatic carbocycles. The summed E-state index contributed by atoms with van der Waals surface area (Å²) in [6.45, 7) is 2.69. The van der Waals surface area contributed by atoms with Crippen LogP contribution in [0.3, 0.4) is 0 Å². The van der Waals surface area contributed by atoms with E-state index in [9.17, 15) is 26.7 Å². The molecule has 0 bridgehead atoms. The van der Waals surface area contributed by atoms with E-state index in [0.717, 1.165) is 0 Å². The van der Waals surface area contributed by atoms with E-state index in [1.165, 1.54) is 12.1 Å². The Bertz CT molecular complexity index is 1120. The fraction of sp³-hybridized carbons (Fsp3) is 0.200. The van der Waals surface area contributed by atoms with E-state index in [4.69, 9.17) is 13.8 Å². The number of nitrogens with zero attached hydrogens (tertiary/aromatic N) is 1. The Morgan fingerprint density at radius 2 is 1.66 bits per heavy atom. The third-order valence-corrected chi connectivity index (χ3v) is 4.97. The van der Waals surface area contributed by atoms with Crippen LogP contribution in [0.4, 0.5) is 22.0 Å². The number of benzene rings is 2. The summed E-state index contributed by atoms with van der Waals surface area (Å²) in [6, 6.07) is 7.95. The minimum Gasteiger partial charge on any atom is -0.462 e. The number of hydrogen-bond acceptors (Lipinski definition) is 6. The van der Waals surface area contributed by atoms with Crippen LogP contribution >= 0.6 is 8.53 Å². The van der Waals surface area contributed by atoms with Gasteiger partial charge in [-0.2, -0.15) is 8.78 Å². The fourth-order valence-corrected chi connectivity index (χ4v) is 3.53. The molecule has 1 N–H and O–H groups in total. The third kappa shape index (κ3) is 5.41. The van der Waals surface area contributed by atoms with Gasteiger partial charge < -0.3 is 13.8 Å². The van der Waals surface area contributed by atoms with Crippen LogP contribution in [0, 0.1) is 29.1 Å². The topological polar surface area (TPSA) is 69.7 Å². The molecule has 6 nitrogen and oxygen atoms in total. The van der Waals surface area contributed by atoms with Gasteiger partial charge in [-0.05, 0) is 38.1 Å². The molecule has 0 amide bonds. The average Bonchev–Trinajstić information content (AvgIpc) is 2.77. The highest BCUT2D eigenvalue weighted by molar-refractivity contribution is 7.45. The highest BCUT2D eigenvalue weighted by Crippen LogP contribution is 2.41. The second-order valence-electron chi connectivity index (χ2n) is 6.57. The molecule has 3 rings (SSSR count). The molecular weight excluding hydrogens is 458 g/mol. The molecule has 3 aromatic rings. The quantitative estimate of drug-likeness (QED) is 0.160. The van der Waals surface area contributed by atoms with Crippen LogP contribution in [-0.2, 0) is 9.53 Å². The van der Waals surface area contributed by atoms with Crippen molar-refractivity contribution in [1.29, 1.82) is 0 Å². The molecule has 170 valence electrons. The van der Waals surface area contributed by atoms with Crippen molar-refractivity contribution in [3.8, 4) is 11.5 Å². The molecular formula is C20H16F5N2O4P. The first-order valence-corrected chi connectivity index (χ1v) is 10.3. The number of pyridine rings is 1. The predicted molar refractivity (Wildman–Crippen MR) is 105 cm³/mol. The maximum Gasteiger partial charge on any atom is 0.382 e. The number of ether oxygens (including phenoxy) is 1. The van der Waals surface area contributed by atoms with Crippen LogP contribution < -0.4 is 14.1 Å². The molecule has 0 fully saturated rings. The summed E-state index contributed by atoms with van der Waals surface area (Å²) in [6.07, 6.45) is 1.13. The van der Waals surface area contributed by atoms with Crippen molar-refractivity contribution in [2.24, 2.45) is 0 Å². The Kier molecular flexibility index (Phi) is 7.42.